The Kier molecular flexibility index (Phi) is 6.60. The molecule has 8 nitrogen and oxygen atoms in total. The Bertz CT molecular complexity index is 1550. The number of halogens is 4. The quantitative estimate of drug-likeness (QED) is 0.302. The van der Waals surface area contributed by atoms with Crippen LogP contribution in [-0.4, -0.2) is 38.0 Å². The van der Waals surface area contributed by atoms with Gasteiger partial charge in [0, 0.05) is 39.8 Å². The van der Waals surface area contributed by atoms with Crippen molar-refractivity contribution in [2.45, 2.75) is 26.1 Å². The Morgan fingerprint density at radius 3 is 2.50 bits per heavy atom. The average Bonchev–Trinajstić information content (AvgIpc) is 3.17. The van der Waals surface area contributed by atoms with E-state index in [4.69, 9.17) is 9.26 Å². The van der Waals surface area contributed by atoms with Gasteiger partial charge in [0.05, 0.1) is 22.6 Å². The van der Waals surface area contributed by atoms with Crippen molar-refractivity contribution in [3.63, 3.8) is 0 Å². The van der Waals surface area contributed by atoms with Gasteiger partial charge >= 0.3 is 6.18 Å². The minimum atomic E-state index is -4.87. The van der Waals surface area contributed by atoms with Gasteiger partial charge in [-0.1, -0.05) is 5.16 Å². The fourth-order valence-corrected chi connectivity index (χ4v) is 4.13. The number of aromatic nitrogens is 3. The summed E-state index contributed by atoms with van der Waals surface area (Å²) in [5.41, 5.74) is 1.86. The van der Waals surface area contributed by atoms with Gasteiger partial charge in [-0.05, 0) is 43.7 Å². The highest BCUT2D eigenvalue weighted by molar-refractivity contribution is 7.92. The van der Waals surface area contributed by atoms with Crippen LogP contribution in [0.1, 0.15) is 23.1 Å². The molecule has 190 valence electrons. The van der Waals surface area contributed by atoms with Crippen LogP contribution in [0.25, 0.3) is 10.9 Å². The molecule has 4 aromatic rings. The standard InChI is InChI=1S/C23H21F4N5O3S/c1-12-7-15(32-36(3,4)33)10-17-20(12)22(29-11-28-17)30-16-6-5-14(24)9-18(16)34-21(23(25,26)27)19-8-13(2)31-35-19/h5-11,21H,1-4H3,(H,28,29,30). The summed E-state index contributed by atoms with van der Waals surface area (Å²) < 4.78 is 81.7. The summed E-state index contributed by atoms with van der Waals surface area (Å²) >= 11 is 0. The number of nitrogens with one attached hydrogen (secondary N) is 1. The molecule has 0 aliphatic rings. The van der Waals surface area contributed by atoms with Crippen LogP contribution in [0.5, 0.6) is 5.75 Å². The minimum Gasteiger partial charge on any atom is -0.470 e. The van der Waals surface area contributed by atoms with Gasteiger partial charge in [0.2, 0.25) is 0 Å². The summed E-state index contributed by atoms with van der Waals surface area (Å²) in [6.07, 6.45) is -3.13. The van der Waals surface area contributed by atoms with Gasteiger partial charge in [-0.3, -0.25) is 0 Å². The molecule has 1 atom stereocenters. The molecule has 2 aromatic heterocycles. The van der Waals surface area contributed by atoms with E-state index in [9.17, 15) is 21.8 Å². The van der Waals surface area contributed by atoms with E-state index in [-0.39, 0.29) is 17.2 Å². The second kappa shape index (κ2) is 9.37. The smallest absolute Gasteiger partial charge is 0.432 e. The van der Waals surface area contributed by atoms with Gasteiger partial charge in [0.15, 0.2) is 5.76 Å². The minimum absolute atomic E-state index is 0.0280. The number of rotatable bonds is 6. The molecule has 36 heavy (non-hydrogen) atoms. The molecule has 0 bridgehead atoms. The molecule has 2 aromatic carbocycles. The fraction of sp³-hybridized carbons (Fsp3) is 0.261. The van der Waals surface area contributed by atoms with E-state index in [0.717, 1.165) is 18.2 Å². The molecular weight excluding hydrogens is 502 g/mol. The summed E-state index contributed by atoms with van der Waals surface area (Å²) in [6.45, 7) is 3.23. The summed E-state index contributed by atoms with van der Waals surface area (Å²) in [5, 5.41) is 6.95. The first kappa shape index (κ1) is 25.4. The van der Waals surface area contributed by atoms with Crippen molar-refractivity contribution in [2.24, 2.45) is 4.36 Å². The average molecular weight is 524 g/mol. The van der Waals surface area contributed by atoms with Crippen LogP contribution in [0.15, 0.2) is 51.6 Å². The lowest BCUT2D eigenvalue weighted by atomic mass is 10.1. The molecule has 0 aliphatic heterocycles. The number of aryl methyl sites for hydroxylation is 2. The van der Waals surface area contributed by atoms with E-state index >= 15 is 0 Å². The molecule has 1 N–H and O–H groups in total. The summed E-state index contributed by atoms with van der Waals surface area (Å²) in [4.78, 5) is 8.44. The number of anilines is 2. The third-order valence-electron chi connectivity index (χ3n) is 4.89. The summed E-state index contributed by atoms with van der Waals surface area (Å²) in [6, 6.07) is 7.55. The molecule has 0 spiro atoms. The van der Waals surface area contributed by atoms with Crippen molar-refractivity contribution >= 4 is 37.8 Å². The largest absolute Gasteiger partial charge is 0.470 e. The van der Waals surface area contributed by atoms with Crippen LogP contribution in [0.2, 0.25) is 0 Å². The maximum atomic E-state index is 14.1. The lowest BCUT2D eigenvalue weighted by Gasteiger charge is -2.21. The van der Waals surface area contributed by atoms with Crippen molar-refractivity contribution in [1.29, 1.82) is 0 Å². The Hall–Kier alpha value is -3.74. The number of ether oxygens (including phenoxy) is 1. The lowest BCUT2D eigenvalue weighted by molar-refractivity contribution is -0.203. The Morgan fingerprint density at radius 2 is 1.86 bits per heavy atom. The zero-order valence-corrected chi connectivity index (χ0v) is 20.4. The maximum absolute atomic E-state index is 14.1. The summed E-state index contributed by atoms with van der Waals surface area (Å²) in [5.74, 6) is -1.55. The van der Waals surface area contributed by atoms with Gasteiger partial charge in [0.25, 0.3) is 6.10 Å². The second-order valence-corrected chi connectivity index (χ2v) is 10.9. The highest BCUT2D eigenvalue weighted by Gasteiger charge is 2.46. The van der Waals surface area contributed by atoms with Crippen LogP contribution in [0.4, 0.5) is 34.8 Å². The van der Waals surface area contributed by atoms with E-state index in [1.807, 2.05) is 0 Å². The normalized spacial score (nSPS) is 13.0. The predicted octanol–water partition coefficient (Wildman–Crippen LogP) is 6.16. The number of nitrogens with zero attached hydrogens (tertiary/aromatic N) is 4. The number of hydrogen-bond acceptors (Lipinski definition) is 8. The van der Waals surface area contributed by atoms with Gasteiger partial charge in [-0.15, -0.1) is 0 Å². The van der Waals surface area contributed by atoms with Crippen molar-refractivity contribution in [3.05, 3.63) is 65.6 Å². The van der Waals surface area contributed by atoms with Gasteiger partial charge < -0.3 is 14.6 Å². The number of hydrogen-bond donors (Lipinski definition) is 1. The summed E-state index contributed by atoms with van der Waals surface area (Å²) in [7, 11) is -2.42. The van der Waals surface area contributed by atoms with Gasteiger partial charge in [-0.25, -0.2) is 18.6 Å². The van der Waals surface area contributed by atoms with Crippen LogP contribution in [0, 0.1) is 19.7 Å². The molecule has 0 saturated heterocycles. The molecule has 1 unspecified atom stereocenters. The van der Waals surface area contributed by atoms with Gasteiger partial charge in [-0.2, -0.15) is 17.5 Å². The molecular formula is C23H21F4N5O3S. The van der Waals surface area contributed by atoms with E-state index < -0.39 is 39.3 Å². The Morgan fingerprint density at radius 1 is 1.11 bits per heavy atom. The number of benzene rings is 2. The molecule has 0 saturated carbocycles. The third kappa shape index (κ3) is 5.73. The topological polar surface area (TPSA) is 102 Å². The predicted molar refractivity (Wildman–Crippen MR) is 127 cm³/mol. The van der Waals surface area contributed by atoms with Crippen molar-refractivity contribution in [3.8, 4) is 5.75 Å². The van der Waals surface area contributed by atoms with Crippen molar-refractivity contribution in [2.75, 3.05) is 17.8 Å². The second-order valence-electron chi connectivity index (χ2n) is 8.33. The molecule has 0 aliphatic carbocycles. The van der Waals surface area contributed by atoms with Crippen molar-refractivity contribution in [1.82, 2.24) is 15.1 Å². The van der Waals surface area contributed by atoms with Crippen LogP contribution in [-0.2, 0) is 9.73 Å². The Balaban J connectivity index is 1.76. The molecule has 4 rings (SSSR count). The zero-order valence-electron chi connectivity index (χ0n) is 19.6. The first-order valence-corrected chi connectivity index (χ1v) is 12.8. The van der Waals surface area contributed by atoms with E-state index in [1.54, 1.807) is 19.1 Å². The van der Waals surface area contributed by atoms with Crippen LogP contribution < -0.4 is 10.1 Å². The number of alkyl halides is 3. The Labute approximate surface area is 203 Å². The maximum Gasteiger partial charge on any atom is 0.432 e. The van der Waals surface area contributed by atoms with Crippen molar-refractivity contribution < 1.29 is 31.0 Å². The zero-order chi connectivity index (χ0) is 26.3. The van der Waals surface area contributed by atoms with Crippen LogP contribution in [0.3, 0.4) is 0 Å². The van der Waals surface area contributed by atoms with E-state index in [0.29, 0.717) is 22.2 Å². The van der Waals surface area contributed by atoms with E-state index in [1.165, 1.54) is 31.8 Å². The molecule has 0 amide bonds. The first-order valence-electron chi connectivity index (χ1n) is 10.5. The molecule has 0 radical (unpaired) electrons. The molecule has 13 heteroatoms. The molecule has 2 heterocycles. The first-order chi connectivity index (χ1) is 16.8. The third-order valence-corrected chi connectivity index (χ3v) is 5.54. The SMILES string of the molecule is Cc1cc(C(Oc2cc(F)ccc2Nc2ncnc3cc(N=S(C)(C)=O)cc(C)c23)C(F)(F)F)on1. The highest BCUT2D eigenvalue weighted by Crippen LogP contribution is 2.41. The van der Waals surface area contributed by atoms with Gasteiger partial charge in [0.1, 0.15) is 23.7 Å². The van der Waals surface area contributed by atoms with Crippen LogP contribution >= 0.6 is 0 Å². The number of fused-ring (bicyclic) bond motifs is 1. The fourth-order valence-electron chi connectivity index (χ4n) is 3.52. The monoisotopic (exact) mass is 523 g/mol. The van der Waals surface area contributed by atoms with E-state index in [2.05, 4.69) is 24.8 Å². The lowest BCUT2D eigenvalue weighted by Crippen LogP contribution is -2.26. The molecule has 0 fully saturated rings. The highest BCUT2D eigenvalue weighted by atomic mass is 32.2.